The van der Waals surface area contributed by atoms with Gasteiger partial charge < -0.3 is 5.11 Å². The second kappa shape index (κ2) is 4.52. The van der Waals surface area contributed by atoms with Crippen molar-refractivity contribution >= 4 is 0 Å². The van der Waals surface area contributed by atoms with E-state index < -0.39 is 0 Å². The summed E-state index contributed by atoms with van der Waals surface area (Å²) in [5.41, 5.74) is 1.81. The van der Waals surface area contributed by atoms with Crippen LogP contribution in [0.4, 0.5) is 0 Å². The molecule has 0 aromatic rings. The van der Waals surface area contributed by atoms with Crippen LogP contribution < -0.4 is 0 Å². The minimum Gasteiger partial charge on any atom is -0.389 e. The standard InChI is InChI=1S/C15H28O/c1-11(2)7-8-15(6)12(3)9-13(16)10-14(15,4)5/h9,11,13,16H,7-8,10H2,1-6H3/t13-,15-/m1/s1. The molecule has 0 spiro atoms. The second-order valence-corrected chi connectivity index (χ2v) is 6.77. The number of hydrogen-bond acceptors (Lipinski definition) is 1. The van der Waals surface area contributed by atoms with E-state index in [9.17, 15) is 5.11 Å². The predicted octanol–water partition coefficient (Wildman–Crippen LogP) is 4.17. The molecule has 16 heavy (non-hydrogen) atoms. The molecule has 94 valence electrons. The molecule has 0 aliphatic heterocycles. The maximum Gasteiger partial charge on any atom is 0.0729 e. The van der Waals surface area contributed by atoms with Gasteiger partial charge in [0.25, 0.3) is 0 Å². The van der Waals surface area contributed by atoms with Gasteiger partial charge in [-0.2, -0.15) is 0 Å². The maximum atomic E-state index is 9.85. The van der Waals surface area contributed by atoms with E-state index >= 15 is 0 Å². The number of allylic oxidation sites excluding steroid dienone is 1. The van der Waals surface area contributed by atoms with Crippen LogP contribution in [0.2, 0.25) is 0 Å². The van der Waals surface area contributed by atoms with Crippen molar-refractivity contribution in [1.82, 2.24) is 0 Å². The van der Waals surface area contributed by atoms with Crippen LogP contribution in [0, 0.1) is 16.7 Å². The molecule has 0 amide bonds. The summed E-state index contributed by atoms with van der Waals surface area (Å²) < 4.78 is 0. The predicted molar refractivity (Wildman–Crippen MR) is 70.3 cm³/mol. The van der Waals surface area contributed by atoms with Gasteiger partial charge >= 0.3 is 0 Å². The number of aliphatic hydroxyl groups is 1. The molecule has 0 saturated carbocycles. The van der Waals surface area contributed by atoms with Crippen LogP contribution in [-0.2, 0) is 0 Å². The Morgan fingerprint density at radius 1 is 1.38 bits per heavy atom. The minimum absolute atomic E-state index is 0.195. The molecule has 0 unspecified atom stereocenters. The Labute approximate surface area is 101 Å². The van der Waals surface area contributed by atoms with Crippen molar-refractivity contribution < 1.29 is 5.11 Å². The van der Waals surface area contributed by atoms with Crippen molar-refractivity contribution in [2.45, 2.75) is 66.9 Å². The summed E-state index contributed by atoms with van der Waals surface area (Å²) in [4.78, 5) is 0. The van der Waals surface area contributed by atoms with Crippen LogP contribution in [0.1, 0.15) is 60.8 Å². The van der Waals surface area contributed by atoms with Crippen LogP contribution in [-0.4, -0.2) is 11.2 Å². The van der Waals surface area contributed by atoms with Crippen molar-refractivity contribution in [3.8, 4) is 0 Å². The molecule has 0 aromatic carbocycles. The third kappa shape index (κ3) is 2.51. The molecule has 0 bridgehead atoms. The number of hydrogen-bond donors (Lipinski definition) is 1. The molecule has 1 heteroatoms. The summed E-state index contributed by atoms with van der Waals surface area (Å²) in [6.45, 7) is 13.7. The highest BCUT2D eigenvalue weighted by Gasteiger charge is 2.45. The number of aliphatic hydroxyl groups excluding tert-OH is 1. The quantitative estimate of drug-likeness (QED) is 0.713. The Balaban J connectivity index is 2.93. The van der Waals surface area contributed by atoms with E-state index in [1.807, 2.05) is 0 Å². The van der Waals surface area contributed by atoms with E-state index in [-0.39, 0.29) is 16.9 Å². The van der Waals surface area contributed by atoms with Gasteiger partial charge in [-0.1, -0.05) is 52.7 Å². The first-order chi connectivity index (χ1) is 7.19. The molecule has 0 heterocycles. The largest absolute Gasteiger partial charge is 0.389 e. The smallest absolute Gasteiger partial charge is 0.0729 e. The third-order valence-electron chi connectivity index (χ3n) is 4.75. The van der Waals surface area contributed by atoms with Crippen LogP contribution in [0.5, 0.6) is 0 Å². The average Bonchev–Trinajstić information content (AvgIpc) is 2.10. The highest BCUT2D eigenvalue weighted by molar-refractivity contribution is 5.21. The van der Waals surface area contributed by atoms with Crippen molar-refractivity contribution in [2.75, 3.05) is 0 Å². The Morgan fingerprint density at radius 3 is 2.38 bits per heavy atom. The summed E-state index contributed by atoms with van der Waals surface area (Å²) in [5, 5.41) is 9.85. The van der Waals surface area contributed by atoms with E-state index in [0.717, 1.165) is 12.3 Å². The lowest BCUT2D eigenvalue weighted by molar-refractivity contribution is 0.0354. The first-order valence-electron chi connectivity index (χ1n) is 6.56. The molecular formula is C15H28O. The fourth-order valence-electron chi connectivity index (χ4n) is 2.93. The Kier molecular flexibility index (Phi) is 3.89. The van der Waals surface area contributed by atoms with Crippen LogP contribution in [0.25, 0.3) is 0 Å². The Bertz CT molecular complexity index is 275. The van der Waals surface area contributed by atoms with E-state index in [4.69, 9.17) is 0 Å². The fraction of sp³-hybridized carbons (Fsp3) is 0.867. The third-order valence-corrected chi connectivity index (χ3v) is 4.75. The van der Waals surface area contributed by atoms with Gasteiger partial charge in [-0.05, 0) is 36.5 Å². The fourth-order valence-corrected chi connectivity index (χ4v) is 2.93. The summed E-state index contributed by atoms with van der Waals surface area (Å²) in [5.74, 6) is 0.757. The monoisotopic (exact) mass is 224 g/mol. The zero-order valence-electron chi connectivity index (χ0n) is 11.8. The molecule has 0 fully saturated rings. The first kappa shape index (κ1) is 13.8. The van der Waals surface area contributed by atoms with Gasteiger partial charge in [0.05, 0.1) is 6.10 Å². The van der Waals surface area contributed by atoms with Gasteiger partial charge in [0.15, 0.2) is 0 Å². The molecule has 1 nitrogen and oxygen atoms in total. The van der Waals surface area contributed by atoms with E-state index in [2.05, 4.69) is 47.6 Å². The maximum absolute atomic E-state index is 9.85. The molecular weight excluding hydrogens is 196 g/mol. The topological polar surface area (TPSA) is 20.2 Å². The van der Waals surface area contributed by atoms with Gasteiger partial charge in [0.1, 0.15) is 0 Å². The van der Waals surface area contributed by atoms with Gasteiger partial charge in [-0.25, -0.2) is 0 Å². The molecule has 0 aromatic heterocycles. The van der Waals surface area contributed by atoms with Gasteiger partial charge in [-0.3, -0.25) is 0 Å². The van der Waals surface area contributed by atoms with Crippen LogP contribution in [0.3, 0.4) is 0 Å². The van der Waals surface area contributed by atoms with Crippen molar-refractivity contribution in [1.29, 1.82) is 0 Å². The molecule has 0 saturated heterocycles. The van der Waals surface area contributed by atoms with Crippen molar-refractivity contribution in [3.05, 3.63) is 11.6 Å². The van der Waals surface area contributed by atoms with E-state index in [1.54, 1.807) is 0 Å². The highest BCUT2D eigenvalue weighted by atomic mass is 16.3. The lowest BCUT2D eigenvalue weighted by atomic mass is 9.55. The zero-order valence-corrected chi connectivity index (χ0v) is 11.8. The zero-order chi connectivity index (χ0) is 12.6. The van der Waals surface area contributed by atoms with Crippen LogP contribution >= 0.6 is 0 Å². The molecule has 1 aliphatic carbocycles. The normalized spacial score (nSPS) is 34.0. The van der Waals surface area contributed by atoms with Crippen molar-refractivity contribution in [3.63, 3.8) is 0 Å². The van der Waals surface area contributed by atoms with E-state index in [0.29, 0.717) is 0 Å². The molecule has 1 N–H and O–H groups in total. The average molecular weight is 224 g/mol. The van der Waals surface area contributed by atoms with Gasteiger partial charge in [-0.15, -0.1) is 0 Å². The lowest BCUT2D eigenvalue weighted by Gasteiger charge is -2.50. The Hall–Kier alpha value is -0.300. The highest BCUT2D eigenvalue weighted by Crippen LogP contribution is 2.53. The number of rotatable bonds is 3. The second-order valence-electron chi connectivity index (χ2n) is 6.77. The minimum atomic E-state index is -0.248. The van der Waals surface area contributed by atoms with Gasteiger partial charge in [0.2, 0.25) is 0 Å². The summed E-state index contributed by atoms with van der Waals surface area (Å²) >= 11 is 0. The Morgan fingerprint density at radius 2 is 1.94 bits per heavy atom. The van der Waals surface area contributed by atoms with E-state index in [1.165, 1.54) is 18.4 Å². The van der Waals surface area contributed by atoms with Gasteiger partial charge in [0, 0.05) is 0 Å². The summed E-state index contributed by atoms with van der Waals surface area (Å²) in [6, 6.07) is 0. The summed E-state index contributed by atoms with van der Waals surface area (Å²) in [6.07, 6.45) is 5.19. The molecule has 1 aliphatic rings. The lowest BCUT2D eigenvalue weighted by Crippen LogP contribution is -2.42. The molecule has 2 atom stereocenters. The SMILES string of the molecule is CC1=C[C@@H](O)CC(C)(C)[C@]1(C)CCC(C)C. The van der Waals surface area contributed by atoms with Crippen LogP contribution in [0.15, 0.2) is 11.6 Å². The molecule has 1 rings (SSSR count). The first-order valence-corrected chi connectivity index (χ1v) is 6.56. The molecule has 0 radical (unpaired) electrons. The summed E-state index contributed by atoms with van der Waals surface area (Å²) in [7, 11) is 0. The van der Waals surface area contributed by atoms with Crippen molar-refractivity contribution in [2.24, 2.45) is 16.7 Å².